The molecule has 1 fully saturated rings. The minimum absolute atomic E-state index is 0.0224. The van der Waals surface area contributed by atoms with E-state index in [1.165, 1.54) is 18.6 Å². The van der Waals surface area contributed by atoms with E-state index < -0.39 is 5.92 Å². The van der Waals surface area contributed by atoms with Crippen LogP contribution in [0.25, 0.3) is 0 Å². The summed E-state index contributed by atoms with van der Waals surface area (Å²) in [5.41, 5.74) is 0.0224. The third kappa shape index (κ3) is 3.67. The summed E-state index contributed by atoms with van der Waals surface area (Å²) in [5.74, 6) is -1.61. The van der Waals surface area contributed by atoms with Crippen LogP contribution in [0, 0.1) is 5.92 Å². The van der Waals surface area contributed by atoms with Gasteiger partial charge >= 0.3 is 0 Å². The molecule has 0 spiro atoms. The van der Waals surface area contributed by atoms with Gasteiger partial charge in [0.15, 0.2) is 0 Å². The highest BCUT2D eigenvalue weighted by molar-refractivity contribution is 5.29. The molecule has 2 rings (SSSR count). The molecule has 100 valence electrons. The Morgan fingerprint density at radius 3 is 2.61 bits per heavy atom. The Kier molecular flexibility index (Phi) is 4.17. The number of alkyl halides is 2. The molecule has 1 aliphatic heterocycles. The maximum absolute atomic E-state index is 13.0. The van der Waals surface area contributed by atoms with E-state index in [1.54, 1.807) is 12.1 Å². The highest BCUT2D eigenvalue weighted by Gasteiger charge is 2.23. The number of hydrogen-bond donors (Lipinski definition) is 1. The predicted octanol–water partition coefficient (Wildman–Crippen LogP) is 3.18. The van der Waals surface area contributed by atoms with E-state index in [0.717, 1.165) is 26.4 Å². The maximum Gasteiger partial charge on any atom is 0.270 e. The van der Waals surface area contributed by atoms with Crippen molar-refractivity contribution in [3.8, 4) is 5.75 Å². The molecule has 1 aromatic carbocycles. The van der Waals surface area contributed by atoms with Crippen LogP contribution in [0.4, 0.5) is 8.78 Å². The molecule has 4 heteroatoms. The fraction of sp³-hybridized carbons (Fsp3) is 0.571. The Hall–Kier alpha value is -1.16. The quantitative estimate of drug-likeness (QED) is 0.892. The monoisotopic (exact) mass is 255 g/mol. The summed E-state index contributed by atoms with van der Waals surface area (Å²) >= 11 is 0. The molecule has 2 nitrogen and oxygen atoms in total. The molecule has 1 aromatic rings. The fourth-order valence-electron chi connectivity index (χ4n) is 2.12. The lowest BCUT2D eigenvalue weighted by molar-refractivity contribution is 0.0174. The van der Waals surface area contributed by atoms with Gasteiger partial charge in [0.05, 0.1) is 6.61 Å². The molecular weight excluding hydrogens is 236 g/mol. The lowest BCUT2D eigenvalue weighted by Gasteiger charge is -2.22. The van der Waals surface area contributed by atoms with E-state index >= 15 is 0 Å². The number of halogens is 2. The summed E-state index contributed by atoms with van der Waals surface area (Å²) < 4.78 is 31.7. The Balaban J connectivity index is 1.86. The van der Waals surface area contributed by atoms with E-state index in [1.807, 2.05) is 0 Å². The molecule has 1 heterocycles. The third-order valence-corrected chi connectivity index (χ3v) is 3.25. The zero-order valence-electron chi connectivity index (χ0n) is 10.6. The van der Waals surface area contributed by atoms with Crippen molar-refractivity contribution in [3.05, 3.63) is 29.8 Å². The topological polar surface area (TPSA) is 21.3 Å². The standard InChI is InChI=1S/C14H19F2NO/c1-14(15,16)12-4-6-13(7-5-12)18-10-11-3-2-8-17-9-11/h4-7,11,17H,2-3,8-10H2,1H3. The highest BCUT2D eigenvalue weighted by atomic mass is 19.3. The van der Waals surface area contributed by atoms with Crippen molar-refractivity contribution >= 4 is 0 Å². The number of hydrogen-bond acceptors (Lipinski definition) is 2. The fourth-order valence-corrected chi connectivity index (χ4v) is 2.12. The first-order chi connectivity index (χ1) is 8.55. The molecule has 1 atom stereocenters. The lowest BCUT2D eigenvalue weighted by Crippen LogP contribution is -2.33. The van der Waals surface area contributed by atoms with Crippen LogP contribution in [0.2, 0.25) is 0 Å². The van der Waals surface area contributed by atoms with Gasteiger partial charge in [-0.2, -0.15) is 0 Å². The van der Waals surface area contributed by atoms with Crippen molar-refractivity contribution in [2.45, 2.75) is 25.7 Å². The van der Waals surface area contributed by atoms with Crippen LogP contribution in [0.1, 0.15) is 25.3 Å². The largest absolute Gasteiger partial charge is 0.493 e. The minimum Gasteiger partial charge on any atom is -0.493 e. The summed E-state index contributed by atoms with van der Waals surface area (Å²) in [7, 11) is 0. The van der Waals surface area contributed by atoms with Gasteiger partial charge < -0.3 is 10.1 Å². The van der Waals surface area contributed by atoms with E-state index in [-0.39, 0.29) is 5.56 Å². The maximum atomic E-state index is 13.0. The second-order valence-electron chi connectivity index (χ2n) is 4.94. The highest BCUT2D eigenvalue weighted by Crippen LogP contribution is 2.28. The minimum atomic E-state index is -2.79. The van der Waals surface area contributed by atoms with Crippen molar-refractivity contribution in [3.63, 3.8) is 0 Å². The Labute approximate surface area is 106 Å². The summed E-state index contributed by atoms with van der Waals surface area (Å²) in [5, 5.41) is 3.32. The summed E-state index contributed by atoms with van der Waals surface area (Å²) in [6.45, 7) is 3.60. The van der Waals surface area contributed by atoms with Crippen molar-refractivity contribution < 1.29 is 13.5 Å². The second-order valence-corrected chi connectivity index (χ2v) is 4.94. The smallest absolute Gasteiger partial charge is 0.270 e. The van der Waals surface area contributed by atoms with Crippen molar-refractivity contribution in [2.75, 3.05) is 19.7 Å². The average Bonchev–Trinajstić information content (AvgIpc) is 2.37. The van der Waals surface area contributed by atoms with Crippen molar-refractivity contribution in [2.24, 2.45) is 5.92 Å². The molecule has 1 aliphatic rings. The summed E-state index contributed by atoms with van der Waals surface area (Å²) in [4.78, 5) is 0. The second kappa shape index (κ2) is 5.65. The van der Waals surface area contributed by atoms with Gasteiger partial charge in [-0.3, -0.25) is 0 Å². The van der Waals surface area contributed by atoms with E-state index in [4.69, 9.17) is 4.74 Å². The molecule has 1 N–H and O–H groups in total. The molecule has 0 saturated carbocycles. The molecule has 0 radical (unpaired) electrons. The van der Waals surface area contributed by atoms with Crippen LogP contribution in [-0.2, 0) is 5.92 Å². The van der Waals surface area contributed by atoms with Crippen LogP contribution in [0.15, 0.2) is 24.3 Å². The summed E-state index contributed by atoms with van der Waals surface area (Å²) in [6.07, 6.45) is 2.34. The number of ether oxygens (including phenoxy) is 1. The molecule has 1 unspecified atom stereocenters. The number of nitrogens with one attached hydrogen (secondary N) is 1. The van der Waals surface area contributed by atoms with Gasteiger partial charge in [0, 0.05) is 24.9 Å². The zero-order valence-corrected chi connectivity index (χ0v) is 10.6. The van der Waals surface area contributed by atoms with Gasteiger partial charge in [-0.15, -0.1) is 0 Å². The summed E-state index contributed by atoms with van der Waals surface area (Å²) in [6, 6.07) is 6.08. The number of rotatable bonds is 4. The molecule has 0 bridgehead atoms. The predicted molar refractivity (Wildman–Crippen MR) is 67.1 cm³/mol. The van der Waals surface area contributed by atoms with Crippen LogP contribution in [0.3, 0.4) is 0 Å². The van der Waals surface area contributed by atoms with Gasteiger partial charge in [0.25, 0.3) is 5.92 Å². The van der Waals surface area contributed by atoms with Crippen LogP contribution in [0.5, 0.6) is 5.75 Å². The zero-order chi connectivity index (χ0) is 13.0. The molecule has 1 saturated heterocycles. The van der Waals surface area contributed by atoms with Crippen molar-refractivity contribution in [1.82, 2.24) is 5.32 Å². The first-order valence-electron chi connectivity index (χ1n) is 6.37. The molecule has 0 aromatic heterocycles. The van der Waals surface area contributed by atoms with Crippen LogP contribution >= 0.6 is 0 Å². The molecule has 18 heavy (non-hydrogen) atoms. The van der Waals surface area contributed by atoms with Crippen LogP contribution < -0.4 is 10.1 Å². The Morgan fingerprint density at radius 1 is 1.33 bits per heavy atom. The van der Waals surface area contributed by atoms with Gasteiger partial charge in [0.1, 0.15) is 5.75 Å². The van der Waals surface area contributed by atoms with Gasteiger partial charge in [-0.1, -0.05) is 0 Å². The first-order valence-corrected chi connectivity index (χ1v) is 6.37. The van der Waals surface area contributed by atoms with E-state index in [2.05, 4.69) is 5.32 Å². The Morgan fingerprint density at radius 2 is 2.06 bits per heavy atom. The first kappa shape index (κ1) is 13.3. The lowest BCUT2D eigenvalue weighted by atomic mass is 10.0. The molecule has 0 aliphatic carbocycles. The molecule has 0 amide bonds. The SMILES string of the molecule is CC(F)(F)c1ccc(OCC2CCCNC2)cc1. The molecular formula is C14H19F2NO. The number of piperidine rings is 1. The van der Waals surface area contributed by atoms with Gasteiger partial charge in [-0.05, 0) is 43.7 Å². The van der Waals surface area contributed by atoms with E-state index in [0.29, 0.717) is 18.3 Å². The normalized spacial score (nSPS) is 20.7. The van der Waals surface area contributed by atoms with Gasteiger partial charge in [0.2, 0.25) is 0 Å². The van der Waals surface area contributed by atoms with E-state index in [9.17, 15) is 8.78 Å². The average molecular weight is 255 g/mol. The number of benzene rings is 1. The van der Waals surface area contributed by atoms with Gasteiger partial charge in [-0.25, -0.2) is 8.78 Å². The third-order valence-electron chi connectivity index (χ3n) is 3.25. The van der Waals surface area contributed by atoms with Crippen molar-refractivity contribution in [1.29, 1.82) is 0 Å². The van der Waals surface area contributed by atoms with Crippen LogP contribution in [-0.4, -0.2) is 19.7 Å². The Bertz CT molecular complexity index is 366.